The van der Waals surface area contributed by atoms with Gasteiger partial charge in [0.15, 0.2) is 0 Å². The van der Waals surface area contributed by atoms with E-state index in [1.165, 1.54) is 12.2 Å². The summed E-state index contributed by atoms with van der Waals surface area (Å²) in [6, 6.07) is 1.77. The summed E-state index contributed by atoms with van der Waals surface area (Å²) in [6.45, 7) is 0. The van der Waals surface area contributed by atoms with Gasteiger partial charge in [0.1, 0.15) is 5.82 Å². The fraction of sp³-hybridized carbons (Fsp3) is 0.500. The molecule has 2 unspecified atom stereocenters. The van der Waals surface area contributed by atoms with E-state index in [9.17, 15) is 0 Å². The van der Waals surface area contributed by atoms with Crippen molar-refractivity contribution < 1.29 is 0 Å². The molecule has 1 saturated heterocycles. The molecule has 3 nitrogen and oxygen atoms in total. The number of anilines is 1. The van der Waals surface area contributed by atoms with Crippen LogP contribution >= 0.6 is 23.4 Å². The Morgan fingerprint density at radius 2 is 2.40 bits per heavy atom. The molecule has 15 heavy (non-hydrogen) atoms. The Morgan fingerprint density at radius 1 is 1.60 bits per heavy atom. The summed E-state index contributed by atoms with van der Waals surface area (Å²) in [7, 11) is 0. The fourth-order valence-electron chi connectivity index (χ4n) is 1.82. The van der Waals surface area contributed by atoms with Gasteiger partial charge in [0.05, 0.1) is 5.02 Å². The third-order valence-corrected chi connectivity index (χ3v) is 4.33. The van der Waals surface area contributed by atoms with E-state index in [1.807, 2.05) is 17.8 Å². The molecule has 0 radical (unpaired) electrons. The first-order valence-electron chi connectivity index (χ1n) is 4.96. The molecule has 2 atom stereocenters. The van der Waals surface area contributed by atoms with Crippen LogP contribution in [0.15, 0.2) is 12.3 Å². The van der Waals surface area contributed by atoms with Crippen LogP contribution < -0.4 is 11.5 Å². The molecule has 0 aromatic carbocycles. The molecule has 1 aliphatic heterocycles. The maximum absolute atomic E-state index is 6.17. The van der Waals surface area contributed by atoms with Crippen LogP contribution in [0.3, 0.4) is 0 Å². The third kappa shape index (κ3) is 2.38. The summed E-state index contributed by atoms with van der Waals surface area (Å²) < 4.78 is 0. The molecular formula is C10H14ClN3S. The Labute approximate surface area is 98.6 Å². The first kappa shape index (κ1) is 11.0. The van der Waals surface area contributed by atoms with Gasteiger partial charge >= 0.3 is 0 Å². The van der Waals surface area contributed by atoms with Crippen LogP contribution in [0.25, 0.3) is 0 Å². The van der Waals surface area contributed by atoms with E-state index >= 15 is 0 Å². The summed E-state index contributed by atoms with van der Waals surface area (Å²) in [5.41, 5.74) is 12.8. The minimum atomic E-state index is -0.0521. The molecule has 1 fully saturated rings. The Hall–Kier alpha value is -0.450. The zero-order valence-electron chi connectivity index (χ0n) is 8.32. The van der Waals surface area contributed by atoms with E-state index in [1.54, 1.807) is 6.20 Å². The van der Waals surface area contributed by atoms with Crippen molar-refractivity contribution in [3.05, 3.63) is 22.8 Å². The average molecular weight is 244 g/mol. The number of nitrogen functional groups attached to an aromatic ring is 1. The monoisotopic (exact) mass is 243 g/mol. The summed E-state index contributed by atoms with van der Waals surface area (Å²) in [5, 5.41) is 1.05. The summed E-state index contributed by atoms with van der Waals surface area (Å²) in [4.78, 5) is 4.03. The van der Waals surface area contributed by atoms with Gasteiger partial charge in [-0.25, -0.2) is 4.98 Å². The first-order valence-corrected chi connectivity index (χ1v) is 6.39. The number of hydrogen-bond acceptors (Lipinski definition) is 4. The highest BCUT2D eigenvalue weighted by molar-refractivity contribution is 8.00. The number of thioether (sulfide) groups is 1. The minimum absolute atomic E-state index is 0.0521. The fourth-order valence-corrected chi connectivity index (χ4v) is 3.31. The number of pyridine rings is 1. The van der Waals surface area contributed by atoms with Gasteiger partial charge in [-0.3, -0.25) is 0 Å². The first-order chi connectivity index (χ1) is 7.18. The Kier molecular flexibility index (Phi) is 3.38. The predicted molar refractivity (Wildman–Crippen MR) is 66.1 cm³/mol. The number of hydrogen-bond donors (Lipinski definition) is 2. The molecule has 0 spiro atoms. The van der Waals surface area contributed by atoms with E-state index in [0.29, 0.717) is 16.1 Å². The van der Waals surface area contributed by atoms with Crippen LogP contribution in [0.5, 0.6) is 0 Å². The van der Waals surface area contributed by atoms with Crippen LogP contribution in [0, 0.1) is 0 Å². The van der Waals surface area contributed by atoms with Crippen molar-refractivity contribution >= 4 is 29.2 Å². The van der Waals surface area contributed by atoms with Gasteiger partial charge < -0.3 is 11.5 Å². The summed E-state index contributed by atoms with van der Waals surface area (Å²) in [5.74, 6) is 1.69. The average Bonchev–Trinajstić information content (AvgIpc) is 2.74. The van der Waals surface area contributed by atoms with Gasteiger partial charge in [0.2, 0.25) is 0 Å². The lowest BCUT2D eigenvalue weighted by atomic mass is 10.0. The van der Waals surface area contributed by atoms with E-state index in [4.69, 9.17) is 23.1 Å². The quantitative estimate of drug-likeness (QED) is 0.836. The molecule has 2 heterocycles. The Morgan fingerprint density at radius 3 is 3.07 bits per heavy atom. The van der Waals surface area contributed by atoms with Crippen molar-refractivity contribution in [3.63, 3.8) is 0 Å². The zero-order valence-corrected chi connectivity index (χ0v) is 9.89. The second kappa shape index (κ2) is 4.60. The number of halogens is 1. The highest BCUT2D eigenvalue weighted by Crippen LogP contribution is 2.36. The summed E-state index contributed by atoms with van der Waals surface area (Å²) >= 11 is 7.80. The van der Waals surface area contributed by atoms with Crippen LogP contribution in [0.1, 0.15) is 24.4 Å². The number of nitrogens with two attached hydrogens (primary N) is 2. The maximum atomic E-state index is 6.17. The highest BCUT2D eigenvalue weighted by atomic mass is 35.5. The minimum Gasteiger partial charge on any atom is -0.383 e. The number of nitrogens with zero attached hydrogens (tertiary/aromatic N) is 1. The molecule has 0 bridgehead atoms. The van der Waals surface area contributed by atoms with Gasteiger partial charge in [-0.2, -0.15) is 11.8 Å². The molecule has 1 aliphatic rings. The molecule has 0 saturated carbocycles. The lowest BCUT2D eigenvalue weighted by Crippen LogP contribution is -2.23. The molecule has 4 N–H and O–H groups in total. The number of rotatable bonds is 2. The van der Waals surface area contributed by atoms with Crippen molar-refractivity contribution in [2.24, 2.45) is 5.73 Å². The second-order valence-corrected chi connectivity index (χ2v) is 5.49. The van der Waals surface area contributed by atoms with Gasteiger partial charge in [-0.05, 0) is 24.7 Å². The molecular weight excluding hydrogens is 230 g/mol. The standard InChI is InChI=1S/C10H14ClN3S/c11-6-4-7(10(13)14-5-6)9(12)8-2-1-3-15-8/h4-5,8-9H,1-3,12H2,(H2,13,14). The largest absolute Gasteiger partial charge is 0.383 e. The smallest absolute Gasteiger partial charge is 0.128 e. The molecule has 2 rings (SSSR count). The molecule has 82 valence electrons. The van der Waals surface area contributed by atoms with Crippen LogP contribution in [0.2, 0.25) is 5.02 Å². The molecule has 0 amide bonds. The molecule has 0 aliphatic carbocycles. The van der Waals surface area contributed by atoms with Gasteiger partial charge in [-0.1, -0.05) is 11.6 Å². The zero-order chi connectivity index (χ0) is 10.8. The topological polar surface area (TPSA) is 64.9 Å². The molecule has 1 aromatic rings. The van der Waals surface area contributed by atoms with E-state index in [-0.39, 0.29) is 6.04 Å². The SMILES string of the molecule is Nc1ncc(Cl)cc1C(N)C1CCCS1. The van der Waals surface area contributed by atoms with Gasteiger partial charge in [-0.15, -0.1) is 0 Å². The van der Waals surface area contributed by atoms with Crippen molar-refractivity contribution in [2.75, 3.05) is 11.5 Å². The van der Waals surface area contributed by atoms with Crippen LogP contribution in [-0.2, 0) is 0 Å². The van der Waals surface area contributed by atoms with Gasteiger partial charge in [0.25, 0.3) is 0 Å². The normalized spacial score (nSPS) is 22.9. The van der Waals surface area contributed by atoms with Crippen molar-refractivity contribution in [1.82, 2.24) is 4.98 Å². The van der Waals surface area contributed by atoms with Gasteiger partial charge in [0, 0.05) is 23.1 Å². The maximum Gasteiger partial charge on any atom is 0.128 e. The Balaban J connectivity index is 2.23. The van der Waals surface area contributed by atoms with E-state index in [0.717, 1.165) is 12.0 Å². The van der Waals surface area contributed by atoms with Crippen LogP contribution in [-0.4, -0.2) is 16.0 Å². The van der Waals surface area contributed by atoms with Crippen molar-refractivity contribution in [1.29, 1.82) is 0 Å². The second-order valence-electron chi connectivity index (χ2n) is 3.71. The molecule has 1 aromatic heterocycles. The lowest BCUT2D eigenvalue weighted by molar-refractivity contribution is 0.645. The van der Waals surface area contributed by atoms with E-state index < -0.39 is 0 Å². The van der Waals surface area contributed by atoms with Crippen molar-refractivity contribution in [2.45, 2.75) is 24.1 Å². The lowest BCUT2D eigenvalue weighted by Gasteiger charge is -2.19. The third-order valence-electron chi connectivity index (χ3n) is 2.64. The predicted octanol–water partition coefficient (Wildman–Crippen LogP) is 2.21. The van der Waals surface area contributed by atoms with E-state index in [2.05, 4.69) is 4.98 Å². The van der Waals surface area contributed by atoms with Crippen LogP contribution in [0.4, 0.5) is 5.82 Å². The summed E-state index contributed by atoms with van der Waals surface area (Å²) in [6.07, 6.45) is 3.93. The van der Waals surface area contributed by atoms with Crippen molar-refractivity contribution in [3.8, 4) is 0 Å². The Bertz CT molecular complexity index is 353. The number of aromatic nitrogens is 1. The molecule has 5 heteroatoms. The highest BCUT2D eigenvalue weighted by Gasteiger charge is 2.25.